The molecule has 2 fully saturated rings. The number of piperazine rings is 1. The highest BCUT2D eigenvalue weighted by atomic mass is 35.5. The average molecular weight is 209 g/mol. The number of rotatable bonds is 1. The lowest BCUT2D eigenvalue weighted by atomic mass is 10.2. The van der Waals surface area contributed by atoms with Crippen molar-refractivity contribution in [1.82, 2.24) is 5.32 Å². The lowest BCUT2D eigenvalue weighted by Gasteiger charge is -2.29. The highest BCUT2D eigenvalue weighted by Crippen LogP contribution is 2.30. The van der Waals surface area contributed by atoms with E-state index in [1.54, 1.807) is 0 Å². The van der Waals surface area contributed by atoms with Crippen molar-refractivity contribution in [2.75, 3.05) is 18.0 Å². The van der Waals surface area contributed by atoms with Gasteiger partial charge in [0.1, 0.15) is 0 Å². The summed E-state index contributed by atoms with van der Waals surface area (Å²) in [6.45, 7) is 2.25. The predicted molar refractivity (Wildman–Crippen MR) is 59.0 cm³/mol. The van der Waals surface area contributed by atoms with Gasteiger partial charge in [0.15, 0.2) is 0 Å². The number of hydrogen-bond acceptors (Lipinski definition) is 2. The second kappa shape index (κ2) is 3.14. The first kappa shape index (κ1) is 8.57. The van der Waals surface area contributed by atoms with E-state index < -0.39 is 0 Å². The summed E-state index contributed by atoms with van der Waals surface area (Å²) in [5, 5.41) is 4.33. The lowest BCUT2D eigenvalue weighted by molar-refractivity contribution is 0.580. The minimum atomic E-state index is 0.679. The van der Waals surface area contributed by atoms with Crippen molar-refractivity contribution in [1.29, 1.82) is 0 Å². The Balaban J connectivity index is 1.89. The molecule has 2 heterocycles. The van der Waals surface area contributed by atoms with Gasteiger partial charge in [-0.1, -0.05) is 17.7 Å². The third-order valence-corrected chi connectivity index (χ3v) is 3.43. The van der Waals surface area contributed by atoms with E-state index in [1.165, 1.54) is 12.1 Å². The highest BCUT2D eigenvalue weighted by Gasteiger charge is 2.37. The second-order valence-corrected chi connectivity index (χ2v) is 4.56. The third-order valence-electron chi connectivity index (χ3n) is 3.20. The van der Waals surface area contributed by atoms with Crippen LogP contribution in [0.15, 0.2) is 24.3 Å². The van der Waals surface area contributed by atoms with Crippen LogP contribution in [0.25, 0.3) is 0 Å². The van der Waals surface area contributed by atoms with Gasteiger partial charge >= 0.3 is 0 Å². The maximum Gasteiger partial charge on any atom is 0.0430 e. The fourth-order valence-corrected chi connectivity index (χ4v) is 2.72. The van der Waals surface area contributed by atoms with E-state index in [0.29, 0.717) is 12.1 Å². The van der Waals surface area contributed by atoms with Crippen molar-refractivity contribution in [2.45, 2.75) is 18.5 Å². The largest absolute Gasteiger partial charge is 0.366 e. The van der Waals surface area contributed by atoms with E-state index in [9.17, 15) is 0 Å². The summed E-state index contributed by atoms with van der Waals surface area (Å²) in [6.07, 6.45) is 1.28. The SMILES string of the molecule is Clc1cccc(N2C[C@@H]3C[C@H]2CN3)c1. The molecule has 0 aliphatic carbocycles. The molecule has 2 nitrogen and oxygen atoms in total. The molecular formula is C11H13ClN2. The number of anilines is 1. The predicted octanol–water partition coefficient (Wildman–Crippen LogP) is 1.89. The van der Waals surface area contributed by atoms with Crippen molar-refractivity contribution in [3.8, 4) is 0 Å². The van der Waals surface area contributed by atoms with Crippen LogP contribution in [0.2, 0.25) is 5.02 Å². The van der Waals surface area contributed by atoms with Crippen LogP contribution in [0.4, 0.5) is 5.69 Å². The summed E-state index contributed by atoms with van der Waals surface area (Å²) in [7, 11) is 0. The number of nitrogens with zero attached hydrogens (tertiary/aromatic N) is 1. The third kappa shape index (κ3) is 1.30. The molecule has 0 spiro atoms. The first-order valence-corrected chi connectivity index (χ1v) is 5.46. The molecule has 2 bridgehead atoms. The van der Waals surface area contributed by atoms with Crippen LogP contribution < -0.4 is 10.2 Å². The molecule has 0 aromatic heterocycles. The van der Waals surface area contributed by atoms with E-state index >= 15 is 0 Å². The Kier molecular flexibility index (Phi) is 1.92. The molecule has 1 aromatic rings. The van der Waals surface area contributed by atoms with Gasteiger partial charge in [0.25, 0.3) is 0 Å². The standard InChI is InChI=1S/C11H13ClN2/c12-8-2-1-3-10(4-8)14-7-9-5-11(14)6-13-9/h1-4,9,11,13H,5-7H2/t9-,11-/m0/s1. The normalized spacial score (nSPS) is 29.9. The van der Waals surface area contributed by atoms with E-state index in [0.717, 1.165) is 18.1 Å². The number of halogens is 1. The van der Waals surface area contributed by atoms with E-state index in [4.69, 9.17) is 11.6 Å². The summed E-state index contributed by atoms with van der Waals surface area (Å²) in [5.74, 6) is 0. The topological polar surface area (TPSA) is 15.3 Å². The Morgan fingerprint density at radius 1 is 1.43 bits per heavy atom. The van der Waals surface area contributed by atoms with Crippen LogP contribution >= 0.6 is 11.6 Å². The van der Waals surface area contributed by atoms with Crippen LogP contribution in [0.5, 0.6) is 0 Å². The molecule has 0 amide bonds. The lowest BCUT2D eigenvalue weighted by Crippen LogP contribution is -2.43. The zero-order valence-electron chi connectivity index (χ0n) is 7.91. The molecule has 2 atom stereocenters. The summed E-state index contributed by atoms with van der Waals surface area (Å²) >= 11 is 5.98. The molecule has 74 valence electrons. The van der Waals surface area contributed by atoms with Crippen LogP contribution in [0.1, 0.15) is 6.42 Å². The Morgan fingerprint density at radius 3 is 3.00 bits per heavy atom. The Labute approximate surface area is 88.9 Å². The van der Waals surface area contributed by atoms with E-state index in [1.807, 2.05) is 12.1 Å². The second-order valence-electron chi connectivity index (χ2n) is 4.13. The molecule has 0 radical (unpaired) electrons. The maximum absolute atomic E-state index is 5.98. The van der Waals surface area contributed by atoms with Gasteiger partial charge in [-0.25, -0.2) is 0 Å². The summed E-state index contributed by atoms with van der Waals surface area (Å²) < 4.78 is 0. The van der Waals surface area contributed by atoms with Gasteiger partial charge in [-0.2, -0.15) is 0 Å². The molecule has 2 aliphatic heterocycles. The van der Waals surface area contributed by atoms with Crippen LogP contribution in [-0.4, -0.2) is 25.2 Å². The Bertz CT molecular complexity index is 353. The van der Waals surface area contributed by atoms with Gasteiger partial charge in [0.2, 0.25) is 0 Å². The number of benzene rings is 1. The monoisotopic (exact) mass is 208 g/mol. The van der Waals surface area contributed by atoms with Crippen molar-refractivity contribution < 1.29 is 0 Å². The molecule has 3 rings (SSSR count). The van der Waals surface area contributed by atoms with Gasteiger partial charge in [-0.05, 0) is 24.6 Å². The molecule has 0 saturated carbocycles. The number of fused-ring (bicyclic) bond motifs is 2. The summed E-state index contributed by atoms with van der Waals surface area (Å²) in [5.41, 5.74) is 1.27. The van der Waals surface area contributed by atoms with Gasteiger partial charge in [0.05, 0.1) is 0 Å². The van der Waals surface area contributed by atoms with Crippen molar-refractivity contribution in [2.24, 2.45) is 0 Å². The van der Waals surface area contributed by atoms with Gasteiger partial charge in [-0.15, -0.1) is 0 Å². The van der Waals surface area contributed by atoms with E-state index in [2.05, 4.69) is 22.3 Å². The first-order valence-electron chi connectivity index (χ1n) is 5.08. The van der Waals surface area contributed by atoms with Crippen LogP contribution in [0, 0.1) is 0 Å². The zero-order valence-corrected chi connectivity index (χ0v) is 8.67. The highest BCUT2D eigenvalue weighted by molar-refractivity contribution is 6.30. The molecule has 2 aliphatic rings. The van der Waals surface area contributed by atoms with Gasteiger partial charge in [0, 0.05) is 35.9 Å². The minimum absolute atomic E-state index is 0.679. The maximum atomic E-state index is 5.98. The molecular weight excluding hydrogens is 196 g/mol. The van der Waals surface area contributed by atoms with Crippen LogP contribution in [0.3, 0.4) is 0 Å². The average Bonchev–Trinajstić information content (AvgIpc) is 2.78. The summed E-state index contributed by atoms with van der Waals surface area (Å²) in [6, 6.07) is 9.53. The molecule has 14 heavy (non-hydrogen) atoms. The van der Waals surface area contributed by atoms with Gasteiger partial charge in [-0.3, -0.25) is 0 Å². The number of nitrogens with one attached hydrogen (secondary N) is 1. The van der Waals surface area contributed by atoms with Crippen molar-refractivity contribution in [3.63, 3.8) is 0 Å². The molecule has 0 unspecified atom stereocenters. The van der Waals surface area contributed by atoms with Gasteiger partial charge < -0.3 is 10.2 Å². The Hall–Kier alpha value is -0.730. The smallest absolute Gasteiger partial charge is 0.0430 e. The minimum Gasteiger partial charge on any atom is -0.366 e. The molecule has 2 saturated heterocycles. The summed E-state index contributed by atoms with van der Waals surface area (Å²) in [4.78, 5) is 2.47. The Morgan fingerprint density at radius 2 is 2.36 bits per heavy atom. The fourth-order valence-electron chi connectivity index (χ4n) is 2.53. The zero-order chi connectivity index (χ0) is 9.54. The molecule has 1 N–H and O–H groups in total. The van der Waals surface area contributed by atoms with Crippen molar-refractivity contribution in [3.05, 3.63) is 29.3 Å². The quantitative estimate of drug-likeness (QED) is 0.759. The van der Waals surface area contributed by atoms with E-state index in [-0.39, 0.29) is 0 Å². The molecule has 1 aromatic carbocycles. The molecule has 3 heteroatoms. The van der Waals surface area contributed by atoms with Crippen LogP contribution in [-0.2, 0) is 0 Å². The fraction of sp³-hybridized carbons (Fsp3) is 0.455. The first-order chi connectivity index (χ1) is 6.83. The van der Waals surface area contributed by atoms with Crippen molar-refractivity contribution >= 4 is 17.3 Å². The number of hydrogen-bond donors (Lipinski definition) is 1.